The van der Waals surface area contributed by atoms with Crippen LogP contribution in [0.15, 0.2) is 64.8 Å². The van der Waals surface area contributed by atoms with Crippen molar-refractivity contribution in [2.24, 2.45) is 15.6 Å². The second-order valence-electron chi connectivity index (χ2n) is 8.50. The first-order valence-corrected chi connectivity index (χ1v) is 10.0. The minimum atomic E-state index is -0.396. The van der Waals surface area contributed by atoms with Crippen molar-refractivity contribution in [1.82, 2.24) is 0 Å². The third-order valence-corrected chi connectivity index (χ3v) is 6.28. The molecule has 0 amide bonds. The second-order valence-corrected chi connectivity index (χ2v) is 8.50. The van der Waals surface area contributed by atoms with Gasteiger partial charge in [0.2, 0.25) is 20.0 Å². The molecule has 8 heteroatoms. The largest absolute Gasteiger partial charge is 0.269 e. The predicted molar refractivity (Wildman–Crippen MR) is 108 cm³/mol. The molecule has 6 rings (SSSR count). The van der Waals surface area contributed by atoms with Gasteiger partial charge in [-0.1, -0.05) is 30.3 Å². The summed E-state index contributed by atoms with van der Waals surface area (Å²) in [5.74, 6) is 0. The monoisotopic (exact) mass is 393 g/mol. The molecule has 4 aliphatic rings. The third kappa shape index (κ3) is 3.46. The third-order valence-electron chi connectivity index (χ3n) is 6.28. The Kier molecular flexibility index (Phi) is 4.46. The summed E-state index contributed by atoms with van der Waals surface area (Å²) in [6.07, 6.45) is 1.68. The van der Waals surface area contributed by atoms with E-state index < -0.39 is 4.92 Å². The first kappa shape index (κ1) is 18.1. The van der Waals surface area contributed by atoms with E-state index in [0.717, 1.165) is 36.5 Å². The van der Waals surface area contributed by atoms with Gasteiger partial charge in [0.15, 0.2) is 5.41 Å². The van der Waals surface area contributed by atoms with E-state index in [9.17, 15) is 10.1 Å². The van der Waals surface area contributed by atoms with Crippen molar-refractivity contribution < 1.29 is 19.6 Å². The number of rotatable bonds is 5. The van der Waals surface area contributed by atoms with Gasteiger partial charge in [0.25, 0.3) is 5.69 Å². The van der Waals surface area contributed by atoms with E-state index >= 15 is 0 Å². The average Bonchev–Trinajstić information content (AvgIpc) is 2.71. The molecule has 29 heavy (non-hydrogen) atoms. The maximum Gasteiger partial charge on any atom is 0.269 e. The molecule has 4 bridgehead atoms. The van der Waals surface area contributed by atoms with Crippen LogP contribution in [0.2, 0.25) is 0 Å². The molecular weight excluding hydrogens is 368 g/mol. The topological polar surface area (TPSA) is 81.2 Å². The number of nitrogens with zero attached hydrogens (tertiary/aromatic N) is 3. The summed E-state index contributed by atoms with van der Waals surface area (Å²) in [7, 11) is 0. The van der Waals surface area contributed by atoms with Crippen LogP contribution < -0.4 is 14.7 Å². The zero-order chi connectivity index (χ0) is 19.8. The Balaban J connectivity index is 1.47. The molecule has 2 aromatic rings. The Labute approximate surface area is 168 Å². The van der Waals surface area contributed by atoms with E-state index in [-0.39, 0.29) is 11.1 Å². The van der Waals surface area contributed by atoms with Crippen LogP contribution in [0.25, 0.3) is 0 Å². The van der Waals surface area contributed by atoms with Crippen molar-refractivity contribution >= 4 is 17.6 Å². The molecule has 148 valence electrons. The van der Waals surface area contributed by atoms with Crippen LogP contribution in [0, 0.1) is 15.5 Å². The fourth-order valence-corrected chi connectivity index (χ4v) is 5.40. The number of non-ortho nitro benzene ring substituents is 1. The van der Waals surface area contributed by atoms with Crippen LogP contribution >= 0.6 is 0 Å². The molecule has 0 radical (unpaired) electrons. The molecule has 4 fully saturated rings. The van der Waals surface area contributed by atoms with Gasteiger partial charge in [-0.15, -0.1) is 0 Å². The van der Waals surface area contributed by atoms with E-state index in [1.54, 1.807) is 33.0 Å². The van der Waals surface area contributed by atoms with Crippen LogP contribution in [0.5, 0.6) is 0 Å². The quantitative estimate of drug-likeness (QED) is 0.311. The lowest BCUT2D eigenvalue weighted by Crippen LogP contribution is -3.56. The van der Waals surface area contributed by atoms with Crippen molar-refractivity contribution in [3.05, 3.63) is 75.8 Å². The van der Waals surface area contributed by atoms with Crippen LogP contribution in [-0.2, 0) is 0 Å². The van der Waals surface area contributed by atoms with Crippen molar-refractivity contribution in [2.45, 2.75) is 0 Å². The van der Waals surface area contributed by atoms with E-state index in [1.807, 2.05) is 6.07 Å². The highest BCUT2D eigenvalue weighted by Gasteiger charge is 2.60. The summed E-state index contributed by atoms with van der Waals surface area (Å²) in [6, 6.07) is 16.8. The first-order valence-electron chi connectivity index (χ1n) is 10.0. The fourth-order valence-electron chi connectivity index (χ4n) is 5.40. The van der Waals surface area contributed by atoms with Crippen molar-refractivity contribution in [2.75, 3.05) is 39.6 Å². The van der Waals surface area contributed by atoms with Crippen LogP contribution in [0.4, 0.5) is 5.69 Å². The van der Waals surface area contributed by atoms with Gasteiger partial charge in [0.1, 0.15) is 19.6 Å². The van der Waals surface area contributed by atoms with E-state index in [2.05, 4.69) is 29.4 Å². The van der Waals surface area contributed by atoms with Gasteiger partial charge in [-0.25, -0.2) is 14.7 Å². The van der Waals surface area contributed by atoms with Gasteiger partial charge in [-0.3, -0.25) is 10.1 Å². The van der Waals surface area contributed by atoms with E-state index in [1.165, 1.54) is 32.1 Å². The number of benzene rings is 2. The van der Waals surface area contributed by atoms with E-state index in [4.69, 9.17) is 5.10 Å². The highest BCUT2D eigenvalue weighted by atomic mass is 16.6. The molecule has 8 nitrogen and oxygen atoms in total. The minimum Gasteiger partial charge on any atom is -0.258 e. The summed E-state index contributed by atoms with van der Waals surface area (Å²) >= 11 is 0. The normalized spacial score (nSPS) is 30.8. The molecule has 0 unspecified atom stereocenters. The van der Waals surface area contributed by atoms with Gasteiger partial charge in [-0.2, -0.15) is 10.2 Å². The van der Waals surface area contributed by atoms with Gasteiger partial charge in [0.05, 0.1) is 16.8 Å². The van der Waals surface area contributed by atoms with Gasteiger partial charge < -0.3 is 0 Å². The van der Waals surface area contributed by atoms with Gasteiger partial charge >= 0.3 is 0 Å². The summed E-state index contributed by atoms with van der Waals surface area (Å²) in [6.45, 7) is 6.96. The standard InChI is InChI=1S/C21H22N6O2/c28-27(29)19-8-6-17(7-9-19)10-22-23-20(18-4-2-1-3-5-18)21-11-24-14-25(12-21)16-26(13-21)15-24/h1-10H,11-16H2/p+3/b22-10-,23-20+. The summed E-state index contributed by atoms with van der Waals surface area (Å²) < 4.78 is 0. The van der Waals surface area contributed by atoms with Gasteiger partial charge in [0, 0.05) is 12.1 Å². The fraction of sp³-hybridized carbons (Fsp3) is 0.333. The Morgan fingerprint density at radius 1 is 0.931 bits per heavy atom. The Morgan fingerprint density at radius 3 is 2.07 bits per heavy atom. The Morgan fingerprint density at radius 2 is 1.52 bits per heavy atom. The average molecular weight is 393 g/mol. The van der Waals surface area contributed by atoms with Crippen molar-refractivity contribution in [3.8, 4) is 0 Å². The molecular formula is C21H25N6O2+3. The molecule has 4 heterocycles. The zero-order valence-corrected chi connectivity index (χ0v) is 16.2. The highest BCUT2D eigenvalue weighted by Crippen LogP contribution is 2.23. The first-order chi connectivity index (χ1) is 14.1. The summed E-state index contributed by atoms with van der Waals surface area (Å²) in [5, 5.41) is 20.0. The molecule has 2 aromatic carbocycles. The zero-order valence-electron chi connectivity index (χ0n) is 16.2. The van der Waals surface area contributed by atoms with Crippen molar-refractivity contribution in [1.29, 1.82) is 0 Å². The molecule has 0 spiro atoms. The smallest absolute Gasteiger partial charge is 0.258 e. The lowest BCUT2D eigenvalue weighted by atomic mass is 9.74. The van der Waals surface area contributed by atoms with E-state index in [0.29, 0.717) is 0 Å². The second kappa shape index (κ2) is 7.14. The van der Waals surface area contributed by atoms with Crippen molar-refractivity contribution in [3.63, 3.8) is 0 Å². The Bertz CT molecular complexity index is 935. The number of nitro benzene ring substituents is 1. The molecule has 0 atom stereocenters. The lowest BCUT2D eigenvalue weighted by Gasteiger charge is -2.52. The van der Waals surface area contributed by atoms with Gasteiger partial charge in [-0.05, 0) is 23.3 Å². The number of hydrogen-bond acceptors (Lipinski definition) is 4. The molecule has 4 saturated heterocycles. The Hall–Kier alpha value is -2.94. The predicted octanol–water partition coefficient (Wildman–Crippen LogP) is -2.03. The van der Waals surface area contributed by atoms with Crippen LogP contribution in [-0.4, -0.2) is 56.5 Å². The number of nitrogens with one attached hydrogen (secondary N) is 3. The highest BCUT2D eigenvalue weighted by molar-refractivity contribution is 6.05. The summed E-state index contributed by atoms with van der Waals surface area (Å²) in [5.41, 5.74) is 3.13. The molecule has 0 aliphatic carbocycles. The molecule has 3 N–H and O–H groups in total. The minimum absolute atomic E-state index is 0.0446. The number of nitro groups is 1. The number of quaternary nitrogens is 3. The molecule has 0 saturated carbocycles. The number of hydrogen-bond donors (Lipinski definition) is 3. The summed E-state index contributed by atoms with van der Waals surface area (Å²) in [4.78, 5) is 15.4. The molecule has 4 aliphatic heterocycles. The molecule has 0 aromatic heterocycles. The van der Waals surface area contributed by atoms with Crippen LogP contribution in [0.3, 0.4) is 0 Å². The lowest BCUT2D eigenvalue weighted by molar-refractivity contribution is -1.30. The maximum absolute atomic E-state index is 10.8. The van der Waals surface area contributed by atoms with Crippen LogP contribution in [0.1, 0.15) is 11.1 Å². The SMILES string of the molecule is O=[N+]([O-])c1ccc(/C=N\N=C(/c2ccccc2)C23C[NH+]4C[NH+](C[NH+](C4)C2)C3)cc1. The maximum atomic E-state index is 10.8.